The Bertz CT molecular complexity index is 735. The summed E-state index contributed by atoms with van der Waals surface area (Å²) in [4.78, 5) is 15.0. The molecule has 0 fully saturated rings. The molecule has 94 valence electrons. The fraction of sp³-hybridized carbons (Fsp3) is 0.0714. The molecule has 0 unspecified atom stereocenters. The summed E-state index contributed by atoms with van der Waals surface area (Å²) in [7, 11) is 0. The van der Waals surface area contributed by atoms with E-state index in [0.717, 1.165) is 15.8 Å². The van der Waals surface area contributed by atoms with Gasteiger partial charge in [-0.2, -0.15) is 0 Å². The van der Waals surface area contributed by atoms with Crippen molar-refractivity contribution in [1.82, 2.24) is 9.66 Å². The lowest BCUT2D eigenvalue weighted by molar-refractivity contribution is -0.538. The summed E-state index contributed by atoms with van der Waals surface area (Å²) in [6.45, 7) is 0. The van der Waals surface area contributed by atoms with Gasteiger partial charge < -0.3 is 0 Å². The Hall–Kier alpha value is -2.69. The van der Waals surface area contributed by atoms with Crippen LogP contribution in [0.3, 0.4) is 0 Å². The van der Waals surface area contributed by atoms with E-state index in [-0.39, 0.29) is 0 Å². The zero-order valence-corrected chi connectivity index (χ0v) is 10.1. The van der Waals surface area contributed by atoms with E-state index in [1.165, 1.54) is 6.33 Å². The number of hydrogen-bond acceptors (Lipinski definition) is 3. The molecule has 0 aliphatic rings. The van der Waals surface area contributed by atoms with Crippen molar-refractivity contribution in [3.8, 4) is 0 Å². The number of imidazole rings is 1. The second kappa shape index (κ2) is 4.53. The summed E-state index contributed by atoms with van der Waals surface area (Å²) < 4.78 is 0.948. The van der Waals surface area contributed by atoms with E-state index >= 15 is 0 Å². The van der Waals surface area contributed by atoms with Gasteiger partial charge in [-0.15, -0.1) is 0 Å². The molecule has 0 radical (unpaired) electrons. The highest BCUT2D eigenvalue weighted by Crippen LogP contribution is 2.20. The molecule has 0 N–H and O–H groups in total. The van der Waals surface area contributed by atoms with Crippen LogP contribution in [0.5, 0.6) is 0 Å². The monoisotopic (exact) mass is 253 g/mol. The molecule has 0 aliphatic heterocycles. The Morgan fingerprint density at radius 1 is 1.11 bits per heavy atom. The van der Waals surface area contributed by atoms with Gasteiger partial charge in [0.05, 0.1) is 5.52 Å². The minimum Gasteiger partial charge on any atom is -0.234 e. The second-order valence-corrected chi connectivity index (χ2v) is 4.27. The molecule has 3 aromatic rings. The van der Waals surface area contributed by atoms with Crippen LogP contribution in [-0.2, 0) is 6.42 Å². The molecule has 0 amide bonds. The van der Waals surface area contributed by atoms with E-state index in [0.29, 0.717) is 17.5 Å². The number of nitrogens with zero attached hydrogens (tertiary/aromatic N) is 3. The van der Waals surface area contributed by atoms with Gasteiger partial charge in [0.2, 0.25) is 0 Å². The zero-order valence-electron chi connectivity index (χ0n) is 10.1. The quantitative estimate of drug-likeness (QED) is 0.532. The lowest BCUT2D eigenvalue weighted by atomic mass is 10.0. The van der Waals surface area contributed by atoms with Gasteiger partial charge in [-0.1, -0.05) is 47.1 Å². The van der Waals surface area contributed by atoms with Crippen LogP contribution in [0.25, 0.3) is 11.0 Å². The highest BCUT2D eigenvalue weighted by Gasteiger charge is 2.12. The van der Waals surface area contributed by atoms with Crippen LogP contribution in [0.1, 0.15) is 11.1 Å². The molecule has 1 aromatic heterocycles. The Morgan fingerprint density at radius 3 is 2.63 bits per heavy atom. The maximum Gasteiger partial charge on any atom is 0.171 e. The topological polar surface area (TPSA) is 61.0 Å². The maximum atomic E-state index is 10.9. The molecule has 0 aliphatic carbocycles. The molecular weight excluding hydrogens is 242 g/mol. The molecule has 0 bridgehead atoms. The van der Waals surface area contributed by atoms with Gasteiger partial charge in [0, 0.05) is 0 Å². The third-order valence-corrected chi connectivity index (χ3v) is 3.05. The van der Waals surface area contributed by atoms with Crippen molar-refractivity contribution in [2.75, 3.05) is 0 Å². The van der Waals surface area contributed by atoms with Crippen LogP contribution in [0, 0.1) is 10.1 Å². The summed E-state index contributed by atoms with van der Waals surface area (Å²) in [5, 5.41) is 10.4. The Labute approximate surface area is 109 Å². The second-order valence-electron chi connectivity index (χ2n) is 4.27. The number of aromatic nitrogens is 2. The molecule has 2 aromatic carbocycles. The van der Waals surface area contributed by atoms with E-state index in [4.69, 9.17) is 0 Å². The first-order valence-corrected chi connectivity index (χ1v) is 5.89. The van der Waals surface area contributed by atoms with Gasteiger partial charge in [-0.3, -0.25) is 0 Å². The first-order chi connectivity index (χ1) is 9.25. The van der Waals surface area contributed by atoms with Crippen molar-refractivity contribution in [2.45, 2.75) is 6.42 Å². The maximum absolute atomic E-state index is 10.9. The van der Waals surface area contributed by atoms with E-state index in [1.54, 1.807) is 6.07 Å². The molecule has 1 heterocycles. The van der Waals surface area contributed by atoms with Crippen molar-refractivity contribution in [2.24, 2.45) is 0 Å². The predicted molar refractivity (Wildman–Crippen MR) is 71.4 cm³/mol. The third-order valence-electron chi connectivity index (χ3n) is 3.05. The van der Waals surface area contributed by atoms with Gasteiger partial charge in [-0.25, -0.2) is 15.1 Å². The van der Waals surface area contributed by atoms with Crippen LogP contribution in [0.4, 0.5) is 0 Å². The fourth-order valence-electron chi connectivity index (χ4n) is 2.17. The number of nitro groups is 1. The molecular formula is C14H11N3O2. The zero-order chi connectivity index (χ0) is 13.2. The van der Waals surface area contributed by atoms with Gasteiger partial charge in [0.1, 0.15) is 5.52 Å². The highest BCUT2D eigenvalue weighted by atomic mass is 16.7. The molecule has 0 spiro atoms. The van der Waals surface area contributed by atoms with Crippen LogP contribution in [-0.4, -0.2) is 14.7 Å². The summed E-state index contributed by atoms with van der Waals surface area (Å²) in [5.74, 6) is 0. The number of benzene rings is 2. The standard InChI is InChI=1S/C14H11N3O2/c18-17(19)16-10-15-14-12(7-4-8-13(14)16)9-11-5-2-1-3-6-11/h1-8,10H,9H2. The summed E-state index contributed by atoms with van der Waals surface area (Å²) in [6, 6.07) is 15.5. The summed E-state index contributed by atoms with van der Waals surface area (Å²) >= 11 is 0. The van der Waals surface area contributed by atoms with Crippen LogP contribution >= 0.6 is 0 Å². The van der Waals surface area contributed by atoms with Gasteiger partial charge in [-0.05, 0) is 23.6 Å². The Morgan fingerprint density at radius 2 is 1.89 bits per heavy atom. The van der Waals surface area contributed by atoms with Crippen molar-refractivity contribution < 1.29 is 5.03 Å². The SMILES string of the molecule is O=[N+]([O-])n1cnc2c(Cc3ccccc3)cccc21. The highest BCUT2D eigenvalue weighted by molar-refractivity contribution is 5.79. The van der Waals surface area contributed by atoms with Crippen molar-refractivity contribution in [3.63, 3.8) is 0 Å². The Kier molecular flexibility index (Phi) is 2.72. The number of hydrogen-bond donors (Lipinski definition) is 0. The fourth-order valence-corrected chi connectivity index (χ4v) is 2.17. The molecule has 3 rings (SSSR count). The van der Waals surface area contributed by atoms with Gasteiger partial charge in [0.15, 0.2) is 11.4 Å². The van der Waals surface area contributed by atoms with Gasteiger partial charge in [0.25, 0.3) is 0 Å². The lowest BCUT2D eigenvalue weighted by Gasteiger charge is -2.02. The molecule has 5 nitrogen and oxygen atoms in total. The van der Waals surface area contributed by atoms with E-state index in [9.17, 15) is 10.1 Å². The van der Waals surface area contributed by atoms with Gasteiger partial charge >= 0.3 is 0 Å². The van der Waals surface area contributed by atoms with Crippen molar-refractivity contribution in [3.05, 3.63) is 76.1 Å². The van der Waals surface area contributed by atoms with Crippen LogP contribution in [0.2, 0.25) is 0 Å². The molecule has 19 heavy (non-hydrogen) atoms. The average Bonchev–Trinajstić information content (AvgIpc) is 2.85. The first kappa shape index (κ1) is 11.4. The molecule has 0 saturated heterocycles. The number of para-hydroxylation sites is 1. The van der Waals surface area contributed by atoms with Crippen LogP contribution in [0.15, 0.2) is 54.9 Å². The summed E-state index contributed by atoms with van der Waals surface area (Å²) in [6.07, 6.45) is 1.96. The third kappa shape index (κ3) is 2.06. The van der Waals surface area contributed by atoms with Crippen molar-refractivity contribution >= 4 is 11.0 Å². The number of rotatable bonds is 3. The summed E-state index contributed by atoms with van der Waals surface area (Å²) in [5.41, 5.74) is 3.36. The van der Waals surface area contributed by atoms with Crippen LogP contribution < -0.4 is 0 Å². The molecule has 5 heteroatoms. The molecule has 0 atom stereocenters. The van der Waals surface area contributed by atoms with E-state index in [1.807, 2.05) is 42.5 Å². The largest absolute Gasteiger partial charge is 0.234 e. The number of fused-ring (bicyclic) bond motifs is 1. The van der Waals surface area contributed by atoms with Crippen molar-refractivity contribution in [1.29, 1.82) is 0 Å². The minimum atomic E-state index is -0.471. The predicted octanol–water partition coefficient (Wildman–Crippen LogP) is 2.67. The Balaban J connectivity index is 2.07. The van der Waals surface area contributed by atoms with E-state index in [2.05, 4.69) is 4.98 Å². The van der Waals surface area contributed by atoms with E-state index < -0.39 is 5.03 Å². The normalized spacial score (nSPS) is 10.7. The lowest BCUT2D eigenvalue weighted by Crippen LogP contribution is -2.06. The first-order valence-electron chi connectivity index (χ1n) is 5.89. The average molecular weight is 253 g/mol. The molecule has 0 saturated carbocycles. The smallest absolute Gasteiger partial charge is 0.171 e. The minimum absolute atomic E-state index is 0.471.